The van der Waals surface area contributed by atoms with Gasteiger partial charge in [0.05, 0.1) is 0 Å². The lowest BCUT2D eigenvalue weighted by atomic mass is 9.42. The highest BCUT2D eigenvalue weighted by atomic mass is 14.4. The van der Waals surface area contributed by atoms with E-state index in [1.54, 1.807) is 5.46 Å². The SMILES string of the molecule is c1ccc(B2CC3=C(C2)[C@H]2CC[C@@H]3C2)cc1. The number of hydrogen-bond donors (Lipinski definition) is 0. The molecule has 0 unspecified atom stereocenters. The van der Waals surface area contributed by atoms with E-state index in [0.717, 1.165) is 18.5 Å². The summed E-state index contributed by atoms with van der Waals surface area (Å²) < 4.78 is 0. The summed E-state index contributed by atoms with van der Waals surface area (Å²) in [5.41, 5.74) is 5.33. The first-order chi connectivity index (χ1) is 7.92. The van der Waals surface area contributed by atoms with Crippen molar-refractivity contribution in [2.45, 2.75) is 31.9 Å². The van der Waals surface area contributed by atoms with Gasteiger partial charge in [-0.25, -0.2) is 0 Å². The van der Waals surface area contributed by atoms with Crippen molar-refractivity contribution in [3.8, 4) is 0 Å². The first-order valence-corrected chi connectivity index (χ1v) is 6.68. The molecule has 3 aliphatic rings. The zero-order valence-electron chi connectivity index (χ0n) is 9.65. The van der Waals surface area contributed by atoms with Crippen LogP contribution in [-0.4, -0.2) is 6.71 Å². The Hall–Kier alpha value is -0.975. The fraction of sp³-hybridized carbons (Fsp3) is 0.467. The Balaban J connectivity index is 1.62. The molecule has 0 spiro atoms. The van der Waals surface area contributed by atoms with Crippen LogP contribution in [0.5, 0.6) is 0 Å². The predicted octanol–water partition coefficient (Wildman–Crippen LogP) is 3.13. The van der Waals surface area contributed by atoms with Gasteiger partial charge in [0.15, 0.2) is 6.71 Å². The molecule has 80 valence electrons. The minimum atomic E-state index is 0.814. The molecule has 2 bridgehead atoms. The monoisotopic (exact) mass is 208 g/mol. The van der Waals surface area contributed by atoms with Gasteiger partial charge in [-0.2, -0.15) is 0 Å². The van der Waals surface area contributed by atoms with Gasteiger partial charge in [-0.15, -0.1) is 0 Å². The summed E-state index contributed by atoms with van der Waals surface area (Å²) in [4.78, 5) is 0. The fourth-order valence-corrected chi connectivity index (χ4v) is 4.30. The van der Waals surface area contributed by atoms with Crippen LogP contribution in [0.4, 0.5) is 0 Å². The van der Waals surface area contributed by atoms with Crippen molar-refractivity contribution >= 4 is 12.2 Å². The van der Waals surface area contributed by atoms with Crippen LogP contribution in [0.1, 0.15) is 19.3 Å². The summed E-state index contributed by atoms with van der Waals surface area (Å²) in [5.74, 6) is 1.99. The number of allylic oxidation sites excluding steroid dienone is 2. The topological polar surface area (TPSA) is 0 Å². The molecule has 0 aromatic heterocycles. The van der Waals surface area contributed by atoms with Crippen molar-refractivity contribution in [1.82, 2.24) is 0 Å². The quantitative estimate of drug-likeness (QED) is 0.491. The van der Waals surface area contributed by atoms with Crippen molar-refractivity contribution < 1.29 is 0 Å². The average Bonchev–Trinajstić information content (AvgIpc) is 3.02. The first kappa shape index (κ1) is 9.10. The Morgan fingerprint density at radius 2 is 1.50 bits per heavy atom. The molecule has 16 heavy (non-hydrogen) atoms. The molecular formula is C15H17B. The van der Waals surface area contributed by atoms with Gasteiger partial charge in [0.2, 0.25) is 0 Å². The van der Waals surface area contributed by atoms with E-state index in [9.17, 15) is 0 Å². The predicted molar refractivity (Wildman–Crippen MR) is 69.3 cm³/mol. The number of benzene rings is 1. The van der Waals surface area contributed by atoms with Gasteiger partial charge < -0.3 is 0 Å². The number of rotatable bonds is 1. The van der Waals surface area contributed by atoms with Gasteiger partial charge in [0, 0.05) is 0 Å². The largest absolute Gasteiger partial charge is 0.184 e. The second kappa shape index (κ2) is 3.26. The molecule has 2 atom stereocenters. The molecule has 0 saturated heterocycles. The van der Waals surface area contributed by atoms with Gasteiger partial charge >= 0.3 is 0 Å². The van der Waals surface area contributed by atoms with Gasteiger partial charge in [0.1, 0.15) is 0 Å². The minimum absolute atomic E-state index is 0.814. The van der Waals surface area contributed by atoms with Crippen LogP contribution in [0.25, 0.3) is 0 Å². The van der Waals surface area contributed by atoms with Crippen molar-refractivity contribution in [2.75, 3.05) is 0 Å². The van der Waals surface area contributed by atoms with Crippen LogP contribution in [0.3, 0.4) is 0 Å². The van der Waals surface area contributed by atoms with Gasteiger partial charge in [-0.05, 0) is 43.7 Å². The second-order valence-corrected chi connectivity index (χ2v) is 5.77. The third-order valence-corrected chi connectivity index (χ3v) is 5.03. The Labute approximate surface area is 97.8 Å². The molecule has 0 radical (unpaired) electrons. The Kier molecular flexibility index (Phi) is 1.85. The molecule has 1 fully saturated rings. The maximum Gasteiger partial charge on any atom is 0.184 e. The number of fused-ring (bicyclic) bond motifs is 4. The Bertz CT molecular complexity index is 424. The maximum atomic E-state index is 2.31. The normalized spacial score (nSPS) is 31.4. The summed E-state index contributed by atoms with van der Waals surface area (Å²) in [7, 11) is 0. The van der Waals surface area contributed by atoms with Crippen molar-refractivity contribution in [3.63, 3.8) is 0 Å². The van der Waals surface area contributed by atoms with Crippen LogP contribution < -0.4 is 5.46 Å². The third-order valence-electron chi connectivity index (χ3n) is 5.03. The molecule has 0 amide bonds. The van der Waals surface area contributed by atoms with Crippen LogP contribution >= 0.6 is 0 Å². The van der Waals surface area contributed by atoms with Gasteiger partial charge in [-0.1, -0.05) is 46.9 Å². The highest BCUT2D eigenvalue weighted by molar-refractivity contribution is 6.75. The van der Waals surface area contributed by atoms with Crippen molar-refractivity contribution in [2.24, 2.45) is 11.8 Å². The molecule has 1 saturated carbocycles. The van der Waals surface area contributed by atoms with Crippen LogP contribution in [0.2, 0.25) is 12.6 Å². The van der Waals surface area contributed by atoms with E-state index >= 15 is 0 Å². The summed E-state index contributed by atoms with van der Waals surface area (Å²) in [5, 5.41) is 0. The zero-order valence-corrected chi connectivity index (χ0v) is 9.65. The van der Waals surface area contributed by atoms with E-state index in [0.29, 0.717) is 0 Å². The van der Waals surface area contributed by atoms with Gasteiger partial charge in [-0.3, -0.25) is 0 Å². The Morgan fingerprint density at radius 1 is 0.875 bits per heavy atom. The lowest BCUT2D eigenvalue weighted by Gasteiger charge is -2.12. The molecule has 1 heteroatoms. The molecular weight excluding hydrogens is 191 g/mol. The summed E-state index contributed by atoms with van der Waals surface area (Å²) in [6.07, 6.45) is 7.24. The van der Waals surface area contributed by atoms with E-state index in [-0.39, 0.29) is 0 Å². The van der Waals surface area contributed by atoms with Crippen LogP contribution in [-0.2, 0) is 0 Å². The summed E-state index contributed by atoms with van der Waals surface area (Å²) in [6, 6.07) is 11.1. The van der Waals surface area contributed by atoms with Crippen LogP contribution in [0.15, 0.2) is 41.5 Å². The average molecular weight is 208 g/mol. The summed E-state index contributed by atoms with van der Waals surface area (Å²) in [6.45, 7) is 0.814. The van der Waals surface area contributed by atoms with Crippen molar-refractivity contribution in [3.05, 3.63) is 41.5 Å². The van der Waals surface area contributed by atoms with E-state index in [2.05, 4.69) is 30.3 Å². The molecule has 1 aromatic rings. The highest BCUT2D eigenvalue weighted by Gasteiger charge is 2.44. The molecule has 2 aliphatic carbocycles. The molecule has 1 heterocycles. The third kappa shape index (κ3) is 1.18. The van der Waals surface area contributed by atoms with Crippen molar-refractivity contribution in [1.29, 1.82) is 0 Å². The molecule has 4 rings (SSSR count). The Morgan fingerprint density at radius 3 is 2.12 bits per heavy atom. The highest BCUT2D eigenvalue weighted by Crippen LogP contribution is 2.54. The maximum absolute atomic E-state index is 2.31. The summed E-state index contributed by atoms with van der Waals surface area (Å²) >= 11 is 0. The standard InChI is InChI=1S/C15H17B/c1-2-4-13(5-3-1)16-9-14-11-6-7-12(8-11)15(14)10-16/h1-5,11-12H,6-10H2/t11-,12+. The molecule has 0 nitrogen and oxygen atoms in total. The lowest BCUT2D eigenvalue weighted by molar-refractivity contribution is 0.655. The second-order valence-electron chi connectivity index (χ2n) is 5.77. The molecule has 1 aromatic carbocycles. The van der Waals surface area contributed by atoms with E-state index in [4.69, 9.17) is 0 Å². The lowest BCUT2D eigenvalue weighted by Crippen LogP contribution is -2.27. The van der Waals surface area contributed by atoms with E-state index < -0.39 is 0 Å². The van der Waals surface area contributed by atoms with E-state index in [1.807, 2.05) is 11.1 Å². The minimum Gasteiger partial charge on any atom is -0.0794 e. The number of hydrogen-bond acceptors (Lipinski definition) is 0. The molecule has 0 N–H and O–H groups in total. The smallest absolute Gasteiger partial charge is 0.0794 e. The van der Waals surface area contributed by atoms with E-state index in [1.165, 1.54) is 31.9 Å². The molecule has 1 aliphatic heterocycles. The fourth-order valence-electron chi connectivity index (χ4n) is 4.30. The zero-order chi connectivity index (χ0) is 10.5. The first-order valence-electron chi connectivity index (χ1n) is 6.68. The van der Waals surface area contributed by atoms with Gasteiger partial charge in [0.25, 0.3) is 0 Å². The van der Waals surface area contributed by atoms with Crippen LogP contribution in [0, 0.1) is 11.8 Å².